The predicted octanol–water partition coefficient (Wildman–Crippen LogP) is 3.49. The molecule has 0 aliphatic heterocycles. The molecule has 0 aliphatic carbocycles. The number of nitrogens with zero attached hydrogens (tertiary/aromatic N) is 3. The van der Waals surface area contributed by atoms with Crippen LogP contribution in [0.4, 0.5) is 19.1 Å². The first-order valence-electron chi connectivity index (χ1n) is 6.32. The fourth-order valence-corrected chi connectivity index (χ4v) is 2.36. The summed E-state index contributed by atoms with van der Waals surface area (Å²) in [5, 5.41) is 6.19. The molecular weight excluding hydrogens is 301 g/mol. The van der Waals surface area contributed by atoms with Crippen LogP contribution in [0.25, 0.3) is 5.69 Å². The number of thiol groups is 1. The third-order valence-electron chi connectivity index (χ3n) is 3.09. The average Bonchev–Trinajstić information content (AvgIpc) is 2.84. The zero-order valence-corrected chi connectivity index (χ0v) is 12.7. The minimum Gasteiger partial charge on any atom is -0.357 e. The van der Waals surface area contributed by atoms with Gasteiger partial charge < -0.3 is 5.32 Å². The van der Waals surface area contributed by atoms with Crippen molar-refractivity contribution in [2.75, 3.05) is 12.4 Å². The van der Waals surface area contributed by atoms with Crippen LogP contribution >= 0.6 is 12.6 Å². The Morgan fingerprint density at radius 1 is 1.33 bits per heavy atom. The van der Waals surface area contributed by atoms with Crippen LogP contribution in [0.1, 0.15) is 23.9 Å². The van der Waals surface area contributed by atoms with Gasteiger partial charge in [-0.1, -0.05) is 13.0 Å². The Labute approximate surface area is 125 Å². The number of hydrogen-bond acceptors (Lipinski definition) is 4. The van der Waals surface area contributed by atoms with E-state index >= 15 is 0 Å². The van der Waals surface area contributed by atoms with Crippen LogP contribution in [0.15, 0.2) is 17.0 Å². The van der Waals surface area contributed by atoms with Crippen LogP contribution in [0, 0.1) is 6.92 Å². The van der Waals surface area contributed by atoms with Gasteiger partial charge in [0, 0.05) is 11.9 Å². The minimum atomic E-state index is -4.59. The third-order valence-corrected chi connectivity index (χ3v) is 3.51. The smallest absolute Gasteiger partial charge is 0.357 e. The van der Waals surface area contributed by atoms with E-state index < -0.39 is 12.0 Å². The SMILES string of the molecule is CCc1cc(C)c(-n2nc(C(F)(F)F)nc2NC)cc1S. The molecule has 0 atom stereocenters. The first-order chi connectivity index (χ1) is 9.77. The van der Waals surface area contributed by atoms with Gasteiger partial charge in [-0.05, 0) is 30.5 Å². The van der Waals surface area contributed by atoms with Gasteiger partial charge in [-0.25, -0.2) is 0 Å². The van der Waals surface area contributed by atoms with Gasteiger partial charge in [0.25, 0.3) is 5.82 Å². The maximum Gasteiger partial charge on any atom is 0.453 e. The number of aromatic nitrogens is 3. The van der Waals surface area contributed by atoms with E-state index in [0.29, 0.717) is 10.6 Å². The van der Waals surface area contributed by atoms with Gasteiger partial charge in [0.05, 0.1) is 5.69 Å². The molecule has 1 aromatic heterocycles. The molecule has 0 spiro atoms. The molecule has 0 saturated carbocycles. The largest absolute Gasteiger partial charge is 0.453 e. The maximum atomic E-state index is 12.8. The molecule has 0 aliphatic rings. The Bertz CT molecular complexity index is 664. The van der Waals surface area contributed by atoms with Crippen molar-refractivity contribution in [2.45, 2.75) is 31.3 Å². The number of nitrogens with one attached hydrogen (secondary N) is 1. The van der Waals surface area contributed by atoms with Crippen LogP contribution in [0.3, 0.4) is 0 Å². The summed E-state index contributed by atoms with van der Waals surface area (Å²) in [4.78, 5) is 4.19. The lowest BCUT2D eigenvalue weighted by Gasteiger charge is -2.12. The first-order valence-corrected chi connectivity index (χ1v) is 6.77. The standard InChI is InChI=1S/C13H15F3N4S/c1-4-8-5-7(2)9(6-10(8)21)20-12(17-3)18-11(19-20)13(14,15)16/h5-6,21H,4H2,1-3H3,(H,17,18,19). The van der Waals surface area contributed by atoms with Crippen molar-refractivity contribution in [1.29, 1.82) is 0 Å². The van der Waals surface area contributed by atoms with E-state index in [2.05, 4.69) is 28.0 Å². The zero-order chi connectivity index (χ0) is 15.8. The highest BCUT2D eigenvalue weighted by atomic mass is 32.1. The fourth-order valence-electron chi connectivity index (χ4n) is 2.02. The molecular formula is C13H15F3N4S. The topological polar surface area (TPSA) is 42.7 Å². The van der Waals surface area contributed by atoms with Crippen molar-refractivity contribution < 1.29 is 13.2 Å². The highest BCUT2D eigenvalue weighted by Crippen LogP contribution is 2.30. The number of anilines is 1. The highest BCUT2D eigenvalue weighted by Gasteiger charge is 2.37. The lowest BCUT2D eigenvalue weighted by atomic mass is 10.1. The van der Waals surface area contributed by atoms with Crippen LogP contribution in [0.2, 0.25) is 0 Å². The van der Waals surface area contributed by atoms with Crippen LogP contribution < -0.4 is 5.32 Å². The van der Waals surface area contributed by atoms with E-state index in [4.69, 9.17) is 0 Å². The molecule has 0 bridgehead atoms. The Morgan fingerprint density at radius 3 is 2.52 bits per heavy atom. The molecule has 0 saturated heterocycles. The van der Waals surface area contributed by atoms with E-state index in [1.54, 1.807) is 6.07 Å². The Balaban J connectivity index is 2.61. The molecule has 0 amide bonds. The van der Waals surface area contributed by atoms with E-state index in [1.165, 1.54) is 7.05 Å². The van der Waals surface area contributed by atoms with Gasteiger partial charge in [-0.15, -0.1) is 17.7 Å². The molecule has 1 aromatic carbocycles. The second-order valence-electron chi connectivity index (χ2n) is 4.54. The lowest BCUT2D eigenvalue weighted by molar-refractivity contribution is -0.144. The number of hydrogen-bond donors (Lipinski definition) is 2. The number of alkyl halides is 3. The summed E-state index contributed by atoms with van der Waals surface area (Å²) in [6.45, 7) is 3.81. The normalized spacial score (nSPS) is 11.8. The summed E-state index contributed by atoms with van der Waals surface area (Å²) in [6, 6.07) is 3.60. The number of rotatable bonds is 3. The number of halogens is 3. The Morgan fingerprint density at radius 2 is 2.00 bits per heavy atom. The summed E-state index contributed by atoms with van der Waals surface area (Å²) < 4.78 is 39.4. The van der Waals surface area contributed by atoms with E-state index in [0.717, 1.165) is 22.2 Å². The first kappa shape index (κ1) is 15.7. The molecule has 2 aromatic rings. The molecule has 2 rings (SSSR count). The van der Waals surface area contributed by atoms with Crippen LogP contribution in [0.5, 0.6) is 0 Å². The summed E-state index contributed by atoms with van der Waals surface area (Å²) in [5.74, 6) is -1.14. The van der Waals surface area contributed by atoms with Gasteiger partial charge in [0.15, 0.2) is 0 Å². The fraction of sp³-hybridized carbons (Fsp3) is 0.385. The molecule has 0 fully saturated rings. The van der Waals surface area contributed by atoms with Gasteiger partial charge in [0.2, 0.25) is 5.95 Å². The second-order valence-corrected chi connectivity index (χ2v) is 5.02. The van der Waals surface area contributed by atoms with Crippen LogP contribution in [-0.4, -0.2) is 21.8 Å². The molecule has 1 heterocycles. The Kier molecular flexibility index (Phi) is 4.18. The van der Waals surface area contributed by atoms with E-state index in [9.17, 15) is 13.2 Å². The molecule has 0 unspecified atom stereocenters. The summed E-state index contributed by atoms with van der Waals surface area (Å²) in [7, 11) is 1.50. The Hall–Kier alpha value is -1.70. The lowest BCUT2D eigenvalue weighted by Crippen LogP contribution is -2.09. The van der Waals surface area contributed by atoms with Crippen molar-refractivity contribution in [1.82, 2.24) is 14.8 Å². The minimum absolute atomic E-state index is 0.0300. The number of aryl methyl sites for hydroxylation is 2. The second kappa shape index (κ2) is 5.59. The van der Waals surface area contributed by atoms with Crippen molar-refractivity contribution in [3.8, 4) is 5.69 Å². The van der Waals surface area contributed by atoms with Gasteiger partial charge in [-0.2, -0.15) is 22.8 Å². The molecule has 1 N–H and O–H groups in total. The summed E-state index contributed by atoms with van der Waals surface area (Å²) >= 11 is 4.37. The monoisotopic (exact) mass is 316 g/mol. The average molecular weight is 316 g/mol. The van der Waals surface area contributed by atoms with Gasteiger partial charge in [0.1, 0.15) is 0 Å². The van der Waals surface area contributed by atoms with Crippen molar-refractivity contribution >= 4 is 18.6 Å². The number of benzene rings is 1. The third kappa shape index (κ3) is 2.99. The van der Waals surface area contributed by atoms with Crippen molar-refractivity contribution in [2.24, 2.45) is 0 Å². The molecule has 0 radical (unpaired) electrons. The summed E-state index contributed by atoms with van der Waals surface area (Å²) in [5.41, 5.74) is 2.35. The van der Waals surface area contributed by atoms with Gasteiger partial charge >= 0.3 is 6.18 Å². The highest BCUT2D eigenvalue weighted by molar-refractivity contribution is 7.80. The zero-order valence-electron chi connectivity index (χ0n) is 11.8. The quantitative estimate of drug-likeness (QED) is 0.852. The predicted molar refractivity (Wildman–Crippen MR) is 77.3 cm³/mol. The van der Waals surface area contributed by atoms with Crippen LogP contribution in [-0.2, 0) is 12.6 Å². The molecule has 8 heteroatoms. The van der Waals surface area contributed by atoms with E-state index in [1.807, 2.05) is 19.9 Å². The van der Waals surface area contributed by atoms with Crippen molar-refractivity contribution in [3.63, 3.8) is 0 Å². The molecule has 4 nitrogen and oxygen atoms in total. The molecule has 114 valence electrons. The van der Waals surface area contributed by atoms with Gasteiger partial charge in [-0.3, -0.25) is 0 Å². The maximum absolute atomic E-state index is 12.8. The van der Waals surface area contributed by atoms with E-state index in [-0.39, 0.29) is 5.95 Å². The molecule has 21 heavy (non-hydrogen) atoms. The summed E-state index contributed by atoms with van der Waals surface area (Å²) in [6.07, 6.45) is -3.79. The van der Waals surface area contributed by atoms with Crippen molar-refractivity contribution in [3.05, 3.63) is 29.1 Å².